The molecule has 12 nitrogen and oxygen atoms in total. The van der Waals surface area contributed by atoms with Gasteiger partial charge in [-0.05, 0) is 18.8 Å². The molecule has 0 spiro atoms. The third-order valence-corrected chi connectivity index (χ3v) is 6.00. The molecule has 12 heteroatoms. The summed E-state index contributed by atoms with van der Waals surface area (Å²) in [6.07, 6.45) is -0.518. The van der Waals surface area contributed by atoms with Crippen LogP contribution in [0.3, 0.4) is 0 Å². The summed E-state index contributed by atoms with van der Waals surface area (Å²) in [5.74, 6) is -4.79. The van der Waals surface area contributed by atoms with Crippen LogP contribution in [0.4, 0.5) is 0 Å². The number of β-amino-alcohol motifs (C(OH)–C–C–N with tert-alkyl or cyclic N) is 1. The normalized spacial score (nSPS) is 20.1. The van der Waals surface area contributed by atoms with E-state index in [1.54, 1.807) is 6.92 Å². The molecule has 0 aliphatic carbocycles. The van der Waals surface area contributed by atoms with Crippen molar-refractivity contribution in [2.75, 3.05) is 13.1 Å². The molecule has 3 amide bonds. The Balaban J connectivity index is 2.78. The topological polar surface area (TPSA) is 205 Å². The Bertz CT molecular complexity index is 772. The van der Waals surface area contributed by atoms with E-state index in [0.29, 0.717) is 13.0 Å². The number of carboxylic acid groups (broad SMARTS) is 1. The Hall–Kier alpha value is -2.86. The highest BCUT2D eigenvalue weighted by Gasteiger charge is 2.32. The maximum absolute atomic E-state index is 13.0. The van der Waals surface area contributed by atoms with E-state index in [-0.39, 0.29) is 50.2 Å². The fourth-order valence-corrected chi connectivity index (χ4v) is 3.73. The molecule has 0 aromatic rings. The number of Topliss-reactive ketones (excluding diaryl/α,β-unsaturated/α-hetero) is 2. The minimum atomic E-state index is -1.22. The van der Waals surface area contributed by atoms with Gasteiger partial charge in [0.1, 0.15) is 12.3 Å². The van der Waals surface area contributed by atoms with Crippen LogP contribution in [-0.2, 0) is 28.8 Å². The number of ketones is 2. The first-order valence-corrected chi connectivity index (χ1v) is 11.5. The van der Waals surface area contributed by atoms with Gasteiger partial charge in [-0.15, -0.1) is 0 Å². The van der Waals surface area contributed by atoms with Gasteiger partial charge < -0.3 is 31.9 Å². The summed E-state index contributed by atoms with van der Waals surface area (Å²) < 4.78 is 0. The Morgan fingerprint density at radius 3 is 2.32 bits per heavy atom. The molecule has 0 bridgehead atoms. The first-order chi connectivity index (χ1) is 15.9. The summed E-state index contributed by atoms with van der Waals surface area (Å²) >= 11 is 0. The van der Waals surface area contributed by atoms with Crippen LogP contribution in [0.5, 0.6) is 0 Å². The van der Waals surface area contributed by atoms with Crippen molar-refractivity contribution in [2.45, 2.75) is 77.0 Å². The number of carbonyl (C=O) groups is 6. The second-order valence-electron chi connectivity index (χ2n) is 8.72. The van der Waals surface area contributed by atoms with Crippen molar-refractivity contribution < 1.29 is 39.0 Å². The van der Waals surface area contributed by atoms with Gasteiger partial charge in [-0.2, -0.15) is 0 Å². The van der Waals surface area contributed by atoms with E-state index in [1.165, 1.54) is 0 Å². The van der Waals surface area contributed by atoms with E-state index < -0.39 is 60.1 Å². The van der Waals surface area contributed by atoms with Crippen LogP contribution in [0.2, 0.25) is 0 Å². The number of nitrogens with two attached hydrogens (primary N) is 1. The predicted octanol–water partition coefficient (Wildman–Crippen LogP) is -1.37. The lowest BCUT2D eigenvalue weighted by atomic mass is 9.84. The van der Waals surface area contributed by atoms with Gasteiger partial charge in [-0.3, -0.25) is 28.8 Å². The van der Waals surface area contributed by atoms with Gasteiger partial charge in [-0.25, -0.2) is 0 Å². The number of nitrogens with one attached hydrogen (secondary N) is 3. The molecule has 1 aliphatic heterocycles. The van der Waals surface area contributed by atoms with E-state index in [0.717, 1.165) is 0 Å². The molecular weight excluding hydrogens is 448 g/mol. The van der Waals surface area contributed by atoms with E-state index >= 15 is 0 Å². The Labute approximate surface area is 198 Å². The van der Waals surface area contributed by atoms with Crippen molar-refractivity contribution in [2.24, 2.45) is 17.6 Å². The van der Waals surface area contributed by atoms with Crippen LogP contribution in [-0.4, -0.2) is 76.7 Å². The van der Waals surface area contributed by atoms with E-state index in [9.17, 15) is 33.9 Å². The Kier molecular flexibility index (Phi) is 12.4. The highest BCUT2D eigenvalue weighted by Crippen LogP contribution is 2.21. The molecule has 34 heavy (non-hydrogen) atoms. The molecular formula is C22H36N4O8. The zero-order valence-electron chi connectivity index (χ0n) is 19.7. The molecule has 5 atom stereocenters. The van der Waals surface area contributed by atoms with Gasteiger partial charge in [0.2, 0.25) is 17.7 Å². The molecule has 7 N–H and O–H groups in total. The lowest BCUT2D eigenvalue weighted by Crippen LogP contribution is -2.45. The minimum Gasteiger partial charge on any atom is -0.480 e. The third kappa shape index (κ3) is 10.4. The first kappa shape index (κ1) is 29.2. The van der Waals surface area contributed by atoms with Gasteiger partial charge in [0.25, 0.3) is 0 Å². The van der Waals surface area contributed by atoms with Crippen LogP contribution in [0.15, 0.2) is 0 Å². The summed E-state index contributed by atoms with van der Waals surface area (Å²) in [6, 6.07) is -1.60. The molecule has 1 rings (SSSR count). The maximum Gasteiger partial charge on any atom is 0.322 e. The van der Waals surface area contributed by atoms with Crippen LogP contribution >= 0.6 is 0 Å². The molecule has 1 saturated heterocycles. The number of rotatable bonds is 16. The summed E-state index contributed by atoms with van der Waals surface area (Å²) in [5, 5.41) is 26.0. The van der Waals surface area contributed by atoms with Crippen LogP contribution < -0.4 is 21.7 Å². The van der Waals surface area contributed by atoms with Crippen LogP contribution in [0, 0.1) is 11.8 Å². The fraction of sp³-hybridized carbons (Fsp3) is 0.727. The SMILES string of the molecule is CCC(C)[C@H](CC(=O)[C@H](CCC(N)=O)NC(=O)CCC(=O)[C@@H]1C[C@@H](O)CN1)C(=O)NCC(=O)O. The predicted molar refractivity (Wildman–Crippen MR) is 120 cm³/mol. The molecule has 1 heterocycles. The smallest absolute Gasteiger partial charge is 0.322 e. The summed E-state index contributed by atoms with van der Waals surface area (Å²) in [7, 11) is 0. The second-order valence-corrected chi connectivity index (χ2v) is 8.72. The number of aliphatic hydroxyl groups is 1. The summed E-state index contributed by atoms with van der Waals surface area (Å²) in [5.41, 5.74) is 5.18. The van der Waals surface area contributed by atoms with E-state index in [4.69, 9.17) is 10.8 Å². The average Bonchev–Trinajstić information content (AvgIpc) is 3.22. The highest BCUT2D eigenvalue weighted by molar-refractivity contribution is 5.94. The molecule has 0 aromatic heterocycles. The lowest BCUT2D eigenvalue weighted by Gasteiger charge is -2.24. The van der Waals surface area contributed by atoms with Crippen molar-refractivity contribution in [3.63, 3.8) is 0 Å². The molecule has 0 aromatic carbocycles. The quantitative estimate of drug-likeness (QED) is 0.153. The number of aliphatic hydroxyl groups excluding tert-OH is 1. The highest BCUT2D eigenvalue weighted by atomic mass is 16.4. The third-order valence-electron chi connectivity index (χ3n) is 6.00. The number of aliphatic carboxylic acids is 1. The molecule has 1 unspecified atom stereocenters. The molecule has 1 aliphatic rings. The van der Waals surface area contributed by atoms with Crippen molar-refractivity contribution in [1.29, 1.82) is 0 Å². The number of hydrogen-bond acceptors (Lipinski definition) is 8. The minimum absolute atomic E-state index is 0.0613. The molecule has 1 fully saturated rings. The Morgan fingerprint density at radius 1 is 1.12 bits per heavy atom. The first-order valence-electron chi connectivity index (χ1n) is 11.5. The fourth-order valence-electron chi connectivity index (χ4n) is 3.73. The summed E-state index contributed by atoms with van der Waals surface area (Å²) in [6.45, 7) is 3.31. The van der Waals surface area contributed by atoms with Crippen molar-refractivity contribution in [3.8, 4) is 0 Å². The van der Waals surface area contributed by atoms with E-state index in [1.807, 2.05) is 6.92 Å². The number of hydrogen-bond donors (Lipinski definition) is 6. The van der Waals surface area contributed by atoms with Gasteiger partial charge in [0.15, 0.2) is 5.78 Å². The zero-order chi connectivity index (χ0) is 25.8. The van der Waals surface area contributed by atoms with Gasteiger partial charge in [-0.1, -0.05) is 20.3 Å². The largest absolute Gasteiger partial charge is 0.480 e. The van der Waals surface area contributed by atoms with E-state index in [2.05, 4.69) is 16.0 Å². The van der Waals surface area contributed by atoms with Crippen molar-refractivity contribution >= 4 is 35.3 Å². The van der Waals surface area contributed by atoms with Crippen LogP contribution in [0.1, 0.15) is 58.8 Å². The number of carboxylic acids is 1. The van der Waals surface area contributed by atoms with Gasteiger partial charge in [0, 0.05) is 38.1 Å². The van der Waals surface area contributed by atoms with Crippen molar-refractivity contribution in [1.82, 2.24) is 16.0 Å². The zero-order valence-corrected chi connectivity index (χ0v) is 19.7. The maximum atomic E-state index is 13.0. The van der Waals surface area contributed by atoms with Crippen LogP contribution in [0.25, 0.3) is 0 Å². The lowest BCUT2D eigenvalue weighted by molar-refractivity contribution is -0.139. The second kappa shape index (κ2) is 14.4. The number of amides is 3. The van der Waals surface area contributed by atoms with Crippen molar-refractivity contribution in [3.05, 3.63) is 0 Å². The molecule has 0 radical (unpaired) electrons. The molecule has 0 saturated carbocycles. The Morgan fingerprint density at radius 2 is 1.79 bits per heavy atom. The molecule has 192 valence electrons. The summed E-state index contributed by atoms with van der Waals surface area (Å²) in [4.78, 5) is 72.1. The standard InChI is InChI=1S/C22H36N4O8/c1-3-12(2)14(22(34)25-11-21(32)33)9-18(29)15(4-6-19(23)30)26-20(31)7-5-17(28)16-8-13(27)10-24-16/h12-16,24,27H,3-11H2,1-2H3,(H2,23,30)(H,25,34)(H,26,31)(H,32,33)/t12?,13-,14+,15+,16+/m1/s1. The number of carbonyl (C=O) groups excluding carboxylic acids is 5. The number of primary amides is 1. The average molecular weight is 485 g/mol. The van der Waals surface area contributed by atoms with Gasteiger partial charge in [0.05, 0.1) is 18.2 Å². The monoisotopic (exact) mass is 484 g/mol. The van der Waals surface area contributed by atoms with Gasteiger partial charge >= 0.3 is 5.97 Å².